The highest BCUT2D eigenvalue weighted by Crippen LogP contribution is 2.32. The van der Waals surface area contributed by atoms with Gasteiger partial charge in [-0.3, -0.25) is 29.4 Å². The number of benzene rings is 1. The van der Waals surface area contributed by atoms with E-state index in [0.717, 1.165) is 30.6 Å². The molecule has 1 saturated carbocycles. The number of imide groups is 1. The third kappa shape index (κ3) is 3.07. The normalized spacial score (nSPS) is 23.5. The van der Waals surface area contributed by atoms with Gasteiger partial charge in [-0.05, 0) is 44.6 Å². The van der Waals surface area contributed by atoms with Crippen LogP contribution in [0, 0.1) is 16.0 Å². The summed E-state index contributed by atoms with van der Waals surface area (Å²) in [5, 5.41) is 14.1. The minimum absolute atomic E-state index is 0.0321. The van der Waals surface area contributed by atoms with Gasteiger partial charge in [-0.25, -0.2) is 0 Å². The van der Waals surface area contributed by atoms with Crippen molar-refractivity contribution in [3.63, 3.8) is 0 Å². The smallest absolute Gasteiger partial charge is 0.282 e. The first-order valence-corrected chi connectivity index (χ1v) is 8.77. The molecule has 1 atom stereocenters. The lowest BCUT2D eigenvalue weighted by Gasteiger charge is -2.29. The van der Waals surface area contributed by atoms with Crippen LogP contribution in [0.3, 0.4) is 0 Å². The van der Waals surface area contributed by atoms with Gasteiger partial charge in [-0.1, -0.05) is 13.0 Å². The number of carbonyl (C=O) groups excluding carboxylic acids is 3. The fraction of sp³-hybridized carbons (Fsp3) is 0.500. The molecule has 26 heavy (non-hydrogen) atoms. The van der Waals surface area contributed by atoms with Gasteiger partial charge in [0.2, 0.25) is 5.91 Å². The Kier molecular flexibility index (Phi) is 4.76. The molecule has 1 fully saturated rings. The number of nitro groups is 1. The molecular weight excluding hydrogens is 338 g/mol. The molecular formula is C18H21N3O5. The Hall–Kier alpha value is -2.77. The molecule has 1 aromatic rings. The standard InChI is InChI=1S/C18H21N3O5/c1-10-6-8-12(9-7-10)19-16(22)11(2)20-17(23)13-4-3-5-14(21(25)26)15(13)18(20)24/h3-5,10-12H,6-9H2,1-2H3,(H,19,22)/t10?,11-,12?/m0/s1. The van der Waals surface area contributed by atoms with Crippen LogP contribution in [0.1, 0.15) is 60.2 Å². The Morgan fingerprint density at radius 1 is 1.23 bits per heavy atom. The fourth-order valence-electron chi connectivity index (χ4n) is 3.63. The van der Waals surface area contributed by atoms with Crippen LogP contribution in [0.15, 0.2) is 18.2 Å². The van der Waals surface area contributed by atoms with Crippen molar-refractivity contribution in [3.05, 3.63) is 39.4 Å². The van der Waals surface area contributed by atoms with E-state index in [1.165, 1.54) is 25.1 Å². The van der Waals surface area contributed by atoms with Crippen molar-refractivity contribution in [1.82, 2.24) is 10.2 Å². The second-order valence-corrected chi connectivity index (χ2v) is 7.08. The van der Waals surface area contributed by atoms with E-state index in [-0.39, 0.29) is 17.2 Å². The van der Waals surface area contributed by atoms with Crippen LogP contribution < -0.4 is 5.32 Å². The highest BCUT2D eigenvalue weighted by atomic mass is 16.6. The van der Waals surface area contributed by atoms with Crippen LogP contribution in [0.4, 0.5) is 5.69 Å². The lowest BCUT2D eigenvalue weighted by atomic mass is 9.87. The minimum atomic E-state index is -1.03. The molecule has 0 unspecified atom stereocenters. The van der Waals surface area contributed by atoms with Gasteiger partial charge in [0.1, 0.15) is 11.6 Å². The van der Waals surface area contributed by atoms with Gasteiger partial charge >= 0.3 is 0 Å². The molecule has 8 heteroatoms. The van der Waals surface area contributed by atoms with Gasteiger partial charge < -0.3 is 5.32 Å². The minimum Gasteiger partial charge on any atom is -0.352 e. The van der Waals surface area contributed by atoms with Crippen LogP contribution >= 0.6 is 0 Å². The van der Waals surface area contributed by atoms with E-state index in [1.54, 1.807) is 0 Å². The van der Waals surface area contributed by atoms with E-state index < -0.39 is 34.4 Å². The Balaban J connectivity index is 1.78. The van der Waals surface area contributed by atoms with Crippen molar-refractivity contribution in [2.24, 2.45) is 5.92 Å². The molecule has 3 rings (SSSR count). The number of fused-ring (bicyclic) bond motifs is 1. The fourth-order valence-corrected chi connectivity index (χ4v) is 3.63. The van der Waals surface area contributed by atoms with Crippen LogP contribution in [0.2, 0.25) is 0 Å². The molecule has 138 valence electrons. The summed E-state index contributed by atoms with van der Waals surface area (Å²) in [6.07, 6.45) is 3.79. The zero-order valence-electron chi connectivity index (χ0n) is 14.7. The van der Waals surface area contributed by atoms with Crippen molar-refractivity contribution >= 4 is 23.4 Å². The Morgan fingerprint density at radius 3 is 2.50 bits per heavy atom. The van der Waals surface area contributed by atoms with Crippen LogP contribution in [0.5, 0.6) is 0 Å². The van der Waals surface area contributed by atoms with Gasteiger partial charge in [0.25, 0.3) is 17.5 Å². The second kappa shape index (κ2) is 6.86. The molecule has 1 aromatic carbocycles. The van der Waals surface area contributed by atoms with Gasteiger partial charge in [0.05, 0.1) is 10.5 Å². The van der Waals surface area contributed by atoms with Gasteiger partial charge in [0, 0.05) is 12.1 Å². The van der Waals surface area contributed by atoms with E-state index in [1.807, 2.05) is 0 Å². The molecule has 0 saturated heterocycles. The Bertz CT molecular complexity index is 783. The first-order chi connectivity index (χ1) is 12.3. The quantitative estimate of drug-likeness (QED) is 0.504. The Labute approximate surface area is 150 Å². The highest BCUT2D eigenvalue weighted by molar-refractivity contribution is 6.24. The van der Waals surface area contributed by atoms with Crippen molar-refractivity contribution in [3.8, 4) is 0 Å². The SMILES string of the molecule is CC1CCC(NC(=O)[C@H](C)N2C(=O)c3cccc([N+](=O)[O-])c3C2=O)CC1. The number of carbonyl (C=O) groups is 3. The zero-order valence-corrected chi connectivity index (χ0v) is 14.7. The first kappa shape index (κ1) is 18.0. The summed E-state index contributed by atoms with van der Waals surface area (Å²) in [7, 11) is 0. The lowest BCUT2D eigenvalue weighted by molar-refractivity contribution is -0.385. The number of hydrogen-bond donors (Lipinski definition) is 1. The van der Waals surface area contributed by atoms with Crippen LogP contribution in [-0.2, 0) is 4.79 Å². The maximum atomic E-state index is 12.6. The monoisotopic (exact) mass is 359 g/mol. The molecule has 2 aliphatic rings. The van der Waals surface area contributed by atoms with Crippen molar-refractivity contribution in [2.45, 2.75) is 51.6 Å². The topological polar surface area (TPSA) is 110 Å². The molecule has 0 spiro atoms. The molecule has 1 heterocycles. The van der Waals surface area contributed by atoms with Gasteiger partial charge in [0.15, 0.2) is 0 Å². The van der Waals surface area contributed by atoms with E-state index in [4.69, 9.17) is 0 Å². The van der Waals surface area contributed by atoms with Crippen molar-refractivity contribution in [2.75, 3.05) is 0 Å². The Morgan fingerprint density at radius 2 is 1.88 bits per heavy atom. The van der Waals surface area contributed by atoms with Crippen molar-refractivity contribution in [1.29, 1.82) is 0 Å². The third-order valence-corrected chi connectivity index (χ3v) is 5.25. The molecule has 1 aliphatic carbocycles. The highest BCUT2D eigenvalue weighted by Gasteiger charge is 2.45. The average Bonchev–Trinajstić information content (AvgIpc) is 2.87. The molecule has 1 aliphatic heterocycles. The second-order valence-electron chi connectivity index (χ2n) is 7.08. The summed E-state index contributed by atoms with van der Waals surface area (Å²) in [4.78, 5) is 49.0. The summed E-state index contributed by atoms with van der Waals surface area (Å²) in [6.45, 7) is 3.64. The van der Waals surface area contributed by atoms with Crippen LogP contribution in [0.25, 0.3) is 0 Å². The molecule has 0 radical (unpaired) electrons. The largest absolute Gasteiger partial charge is 0.352 e. The maximum absolute atomic E-state index is 12.6. The van der Waals surface area contributed by atoms with Gasteiger partial charge in [-0.2, -0.15) is 0 Å². The van der Waals surface area contributed by atoms with Crippen LogP contribution in [-0.4, -0.2) is 39.6 Å². The number of rotatable bonds is 4. The van der Waals surface area contributed by atoms with E-state index in [0.29, 0.717) is 5.92 Å². The van der Waals surface area contributed by atoms with E-state index in [9.17, 15) is 24.5 Å². The zero-order chi connectivity index (χ0) is 19.0. The summed E-state index contributed by atoms with van der Waals surface area (Å²) < 4.78 is 0. The number of amides is 3. The van der Waals surface area contributed by atoms with Crippen molar-refractivity contribution < 1.29 is 19.3 Å². The predicted molar refractivity (Wildman–Crippen MR) is 92.6 cm³/mol. The van der Waals surface area contributed by atoms with Gasteiger partial charge in [-0.15, -0.1) is 0 Å². The average molecular weight is 359 g/mol. The number of hydrogen-bond acceptors (Lipinski definition) is 5. The maximum Gasteiger partial charge on any atom is 0.282 e. The summed E-state index contributed by atoms with van der Waals surface area (Å²) in [6, 6.07) is 2.92. The molecule has 3 amide bonds. The summed E-state index contributed by atoms with van der Waals surface area (Å²) in [5.74, 6) is -1.25. The number of nitrogens with zero attached hydrogens (tertiary/aromatic N) is 2. The molecule has 0 aromatic heterocycles. The van der Waals surface area contributed by atoms with E-state index in [2.05, 4.69) is 12.2 Å². The predicted octanol–water partition coefficient (Wildman–Crippen LogP) is 2.27. The third-order valence-electron chi connectivity index (χ3n) is 5.25. The van der Waals surface area contributed by atoms with E-state index >= 15 is 0 Å². The number of nitro benzene ring substituents is 1. The first-order valence-electron chi connectivity index (χ1n) is 8.77. The molecule has 0 bridgehead atoms. The summed E-state index contributed by atoms with van der Waals surface area (Å²) in [5.41, 5.74) is -0.693. The lowest BCUT2D eigenvalue weighted by Crippen LogP contribution is -2.50. The number of nitrogens with one attached hydrogen (secondary N) is 1. The molecule has 8 nitrogen and oxygen atoms in total. The molecule has 1 N–H and O–H groups in total. The summed E-state index contributed by atoms with van der Waals surface area (Å²) >= 11 is 0.